The minimum Gasteiger partial charge on any atom is -0.396 e. The summed E-state index contributed by atoms with van der Waals surface area (Å²) >= 11 is 1.32. The Hall–Kier alpha value is -1.73. The normalized spacial score (nSPS) is 16.1. The van der Waals surface area contributed by atoms with E-state index in [0.717, 1.165) is 13.1 Å². The number of aromatic nitrogens is 2. The van der Waals surface area contributed by atoms with Crippen LogP contribution in [0.3, 0.4) is 0 Å². The Morgan fingerprint density at radius 3 is 2.78 bits per heavy atom. The molecule has 0 bridgehead atoms. The third-order valence-corrected chi connectivity index (χ3v) is 4.05. The van der Waals surface area contributed by atoms with Crippen molar-refractivity contribution in [1.82, 2.24) is 20.2 Å². The number of amides is 1. The van der Waals surface area contributed by atoms with Crippen LogP contribution < -0.4 is 11.1 Å². The predicted octanol–water partition coefficient (Wildman–Crippen LogP) is 0.319. The fourth-order valence-corrected chi connectivity index (χ4v) is 3.00. The second kappa shape index (κ2) is 4.51. The Morgan fingerprint density at radius 1 is 1.33 bits per heavy atom. The first-order valence-corrected chi connectivity index (χ1v) is 6.58. The Bertz CT molecular complexity index is 590. The molecule has 0 aliphatic carbocycles. The van der Waals surface area contributed by atoms with Crippen LogP contribution in [0.2, 0.25) is 0 Å². The second-order valence-electron chi connectivity index (χ2n) is 4.10. The molecule has 7 heteroatoms. The van der Waals surface area contributed by atoms with Gasteiger partial charge >= 0.3 is 0 Å². The van der Waals surface area contributed by atoms with E-state index in [0.29, 0.717) is 34.0 Å². The number of anilines is 1. The van der Waals surface area contributed by atoms with Crippen molar-refractivity contribution in [3.8, 4) is 0 Å². The molecule has 1 saturated heterocycles. The Balaban J connectivity index is 1.98. The highest BCUT2D eigenvalue weighted by molar-refractivity contribution is 7.21. The number of carbonyl (C=O) groups is 1. The van der Waals surface area contributed by atoms with Crippen molar-refractivity contribution >= 4 is 33.3 Å². The number of hydrogen-bond acceptors (Lipinski definition) is 6. The largest absolute Gasteiger partial charge is 0.396 e. The summed E-state index contributed by atoms with van der Waals surface area (Å²) < 4.78 is 0. The summed E-state index contributed by atoms with van der Waals surface area (Å²) in [5.74, 6) is -0.0150. The number of fused-ring (bicyclic) bond motifs is 1. The number of piperazine rings is 1. The maximum Gasteiger partial charge on any atom is 0.266 e. The van der Waals surface area contributed by atoms with Gasteiger partial charge in [-0.15, -0.1) is 11.3 Å². The maximum absolute atomic E-state index is 12.4. The quantitative estimate of drug-likeness (QED) is 0.774. The number of nitrogens with one attached hydrogen (secondary N) is 1. The summed E-state index contributed by atoms with van der Waals surface area (Å²) in [5, 5.41) is 3.22. The van der Waals surface area contributed by atoms with Crippen molar-refractivity contribution in [2.24, 2.45) is 0 Å². The van der Waals surface area contributed by atoms with Gasteiger partial charge in [0.25, 0.3) is 5.91 Å². The van der Waals surface area contributed by atoms with E-state index >= 15 is 0 Å². The molecule has 0 saturated carbocycles. The van der Waals surface area contributed by atoms with E-state index in [1.54, 1.807) is 12.4 Å². The van der Waals surface area contributed by atoms with Gasteiger partial charge in [-0.05, 0) is 0 Å². The highest BCUT2D eigenvalue weighted by atomic mass is 32.1. The summed E-state index contributed by atoms with van der Waals surface area (Å²) in [7, 11) is 0. The maximum atomic E-state index is 12.4. The summed E-state index contributed by atoms with van der Waals surface area (Å²) in [6.45, 7) is 3.08. The average Bonchev–Trinajstić information content (AvgIpc) is 2.77. The molecule has 1 aliphatic heterocycles. The fraction of sp³-hybridized carbons (Fsp3) is 0.364. The highest BCUT2D eigenvalue weighted by Crippen LogP contribution is 2.31. The van der Waals surface area contributed by atoms with Crippen molar-refractivity contribution in [3.63, 3.8) is 0 Å². The van der Waals surface area contributed by atoms with Crippen LogP contribution in [0.5, 0.6) is 0 Å². The van der Waals surface area contributed by atoms with E-state index in [1.807, 2.05) is 4.90 Å². The summed E-state index contributed by atoms with van der Waals surface area (Å²) in [6, 6.07) is 0. The van der Waals surface area contributed by atoms with Gasteiger partial charge < -0.3 is 16.0 Å². The van der Waals surface area contributed by atoms with Crippen LogP contribution in [0.25, 0.3) is 10.3 Å². The van der Waals surface area contributed by atoms with Crippen molar-refractivity contribution in [3.05, 3.63) is 17.3 Å². The number of nitrogens with zero attached hydrogens (tertiary/aromatic N) is 3. The first-order chi connectivity index (χ1) is 8.77. The van der Waals surface area contributed by atoms with Crippen molar-refractivity contribution in [2.45, 2.75) is 0 Å². The van der Waals surface area contributed by atoms with Crippen LogP contribution in [-0.4, -0.2) is 47.0 Å². The molecule has 18 heavy (non-hydrogen) atoms. The zero-order valence-corrected chi connectivity index (χ0v) is 10.5. The molecular weight excluding hydrogens is 250 g/mol. The Morgan fingerprint density at radius 2 is 2.06 bits per heavy atom. The molecule has 0 unspecified atom stereocenters. The third-order valence-electron chi connectivity index (χ3n) is 2.96. The van der Waals surface area contributed by atoms with Crippen LogP contribution in [0.15, 0.2) is 12.4 Å². The van der Waals surface area contributed by atoms with Gasteiger partial charge in [-0.3, -0.25) is 4.79 Å². The molecule has 1 fully saturated rings. The zero-order valence-electron chi connectivity index (χ0n) is 9.72. The minimum absolute atomic E-state index is 0.0150. The van der Waals surface area contributed by atoms with Gasteiger partial charge in [0.1, 0.15) is 15.2 Å². The standard InChI is InChI=1S/C11H13N5OS/c12-7-8-10(15-2-1-14-8)18-9(7)11(17)16-5-3-13-4-6-16/h1-2,13H,3-6,12H2. The van der Waals surface area contributed by atoms with Gasteiger partial charge in [0.05, 0.1) is 5.69 Å². The SMILES string of the molecule is Nc1c(C(=O)N2CCNCC2)sc2nccnc12. The van der Waals surface area contributed by atoms with Gasteiger partial charge in [0.2, 0.25) is 0 Å². The molecule has 3 N–H and O–H groups in total. The molecule has 0 spiro atoms. The molecule has 94 valence electrons. The molecule has 1 aliphatic rings. The molecule has 3 heterocycles. The summed E-state index contributed by atoms with van der Waals surface area (Å²) in [5.41, 5.74) is 7.07. The fourth-order valence-electron chi connectivity index (χ4n) is 2.01. The number of thiophene rings is 1. The van der Waals surface area contributed by atoms with Crippen molar-refractivity contribution in [1.29, 1.82) is 0 Å². The van der Waals surface area contributed by atoms with Crippen LogP contribution in [-0.2, 0) is 0 Å². The van der Waals surface area contributed by atoms with Gasteiger partial charge in [0, 0.05) is 38.6 Å². The molecular formula is C11H13N5OS. The molecule has 6 nitrogen and oxygen atoms in total. The minimum atomic E-state index is -0.0150. The first-order valence-electron chi connectivity index (χ1n) is 5.76. The number of hydrogen-bond donors (Lipinski definition) is 2. The zero-order chi connectivity index (χ0) is 12.5. The topological polar surface area (TPSA) is 84.1 Å². The van der Waals surface area contributed by atoms with Gasteiger partial charge in [-0.25, -0.2) is 9.97 Å². The summed E-state index contributed by atoms with van der Waals surface area (Å²) in [4.78, 5) is 23.8. The summed E-state index contributed by atoms with van der Waals surface area (Å²) in [6.07, 6.45) is 3.20. The molecule has 0 radical (unpaired) electrons. The van der Waals surface area contributed by atoms with Crippen LogP contribution in [0, 0.1) is 0 Å². The van der Waals surface area contributed by atoms with E-state index in [2.05, 4.69) is 15.3 Å². The third kappa shape index (κ3) is 1.81. The smallest absolute Gasteiger partial charge is 0.266 e. The van der Waals surface area contributed by atoms with E-state index in [9.17, 15) is 4.79 Å². The lowest BCUT2D eigenvalue weighted by Gasteiger charge is -2.27. The lowest BCUT2D eigenvalue weighted by atomic mass is 10.3. The first kappa shape index (κ1) is 11.4. The van der Waals surface area contributed by atoms with E-state index in [1.165, 1.54) is 11.3 Å². The number of nitrogens with two attached hydrogens (primary N) is 1. The molecule has 0 atom stereocenters. The van der Waals surface area contributed by atoms with E-state index in [-0.39, 0.29) is 5.91 Å². The average molecular weight is 263 g/mol. The van der Waals surface area contributed by atoms with Gasteiger partial charge in [-0.1, -0.05) is 0 Å². The Kier molecular flexibility index (Phi) is 2.85. The van der Waals surface area contributed by atoms with Crippen LogP contribution in [0.1, 0.15) is 9.67 Å². The van der Waals surface area contributed by atoms with E-state index < -0.39 is 0 Å². The molecule has 1 amide bonds. The van der Waals surface area contributed by atoms with Gasteiger partial charge in [-0.2, -0.15) is 0 Å². The lowest BCUT2D eigenvalue weighted by Crippen LogP contribution is -2.46. The monoisotopic (exact) mass is 263 g/mol. The number of rotatable bonds is 1. The Labute approximate surface area is 108 Å². The van der Waals surface area contributed by atoms with Gasteiger partial charge in [0.15, 0.2) is 0 Å². The number of carbonyl (C=O) groups excluding carboxylic acids is 1. The molecule has 3 rings (SSSR count). The second-order valence-corrected chi connectivity index (χ2v) is 5.10. The van der Waals surface area contributed by atoms with Crippen LogP contribution in [0.4, 0.5) is 5.69 Å². The highest BCUT2D eigenvalue weighted by Gasteiger charge is 2.23. The number of nitrogen functional groups attached to an aromatic ring is 1. The predicted molar refractivity (Wildman–Crippen MR) is 70.6 cm³/mol. The van der Waals surface area contributed by atoms with Crippen molar-refractivity contribution < 1.29 is 4.79 Å². The van der Waals surface area contributed by atoms with Crippen LogP contribution >= 0.6 is 11.3 Å². The molecule has 2 aromatic heterocycles. The molecule has 0 aromatic carbocycles. The lowest BCUT2D eigenvalue weighted by molar-refractivity contribution is 0.0741. The molecule has 2 aromatic rings. The van der Waals surface area contributed by atoms with Crippen molar-refractivity contribution in [2.75, 3.05) is 31.9 Å². The van der Waals surface area contributed by atoms with E-state index in [4.69, 9.17) is 5.73 Å².